The minimum atomic E-state index is -0.0240. The molecule has 1 aliphatic heterocycles. The number of rotatable bonds is 2. The van der Waals surface area contributed by atoms with Gasteiger partial charge in [-0.25, -0.2) is 0 Å². The SMILES string of the molecule is O=C1Cc2nnc(Cl)n2-c2ccccc2N1Cc1ccccc1. The molecule has 0 unspecified atom stereocenters. The van der Waals surface area contributed by atoms with Crippen LogP contribution in [0.15, 0.2) is 54.6 Å². The number of benzene rings is 2. The van der Waals surface area contributed by atoms with Gasteiger partial charge in [-0.2, -0.15) is 0 Å². The van der Waals surface area contributed by atoms with Crippen LogP contribution in [0.2, 0.25) is 5.28 Å². The van der Waals surface area contributed by atoms with Gasteiger partial charge >= 0.3 is 0 Å². The van der Waals surface area contributed by atoms with E-state index < -0.39 is 0 Å². The van der Waals surface area contributed by atoms with Gasteiger partial charge in [-0.1, -0.05) is 42.5 Å². The predicted molar refractivity (Wildman–Crippen MR) is 87.7 cm³/mol. The summed E-state index contributed by atoms with van der Waals surface area (Å²) in [6.07, 6.45) is 0.168. The number of nitrogens with zero attached hydrogens (tertiary/aromatic N) is 4. The van der Waals surface area contributed by atoms with Gasteiger partial charge in [-0.05, 0) is 29.3 Å². The molecule has 23 heavy (non-hydrogen) atoms. The minimum Gasteiger partial charge on any atom is -0.306 e. The van der Waals surface area contributed by atoms with Crippen molar-refractivity contribution in [3.8, 4) is 5.69 Å². The molecule has 0 N–H and O–H groups in total. The smallest absolute Gasteiger partial charge is 0.235 e. The number of anilines is 1. The summed E-state index contributed by atoms with van der Waals surface area (Å²) in [5.41, 5.74) is 2.69. The van der Waals surface area contributed by atoms with E-state index in [1.807, 2.05) is 54.6 Å². The molecule has 4 rings (SSSR count). The van der Waals surface area contributed by atoms with Gasteiger partial charge in [0.2, 0.25) is 11.2 Å². The second kappa shape index (κ2) is 5.52. The molecule has 0 fully saturated rings. The minimum absolute atomic E-state index is 0.0240. The Labute approximate surface area is 138 Å². The monoisotopic (exact) mass is 324 g/mol. The molecule has 1 aromatic heterocycles. The molecule has 0 aliphatic carbocycles. The number of hydrogen-bond acceptors (Lipinski definition) is 3. The largest absolute Gasteiger partial charge is 0.306 e. The van der Waals surface area contributed by atoms with Crippen LogP contribution in [-0.2, 0) is 17.8 Å². The van der Waals surface area contributed by atoms with Crippen LogP contribution in [0, 0.1) is 0 Å². The van der Waals surface area contributed by atoms with Gasteiger partial charge in [0, 0.05) is 0 Å². The van der Waals surface area contributed by atoms with E-state index in [2.05, 4.69) is 10.2 Å². The number of amides is 1. The lowest BCUT2D eigenvalue weighted by atomic mass is 10.1. The number of carbonyl (C=O) groups is 1. The highest BCUT2D eigenvalue weighted by molar-refractivity contribution is 6.28. The maximum absolute atomic E-state index is 12.8. The van der Waals surface area contributed by atoms with Crippen molar-refractivity contribution in [2.45, 2.75) is 13.0 Å². The Balaban J connectivity index is 1.85. The van der Waals surface area contributed by atoms with Crippen LogP contribution in [0.25, 0.3) is 5.69 Å². The van der Waals surface area contributed by atoms with E-state index in [4.69, 9.17) is 11.6 Å². The topological polar surface area (TPSA) is 51.0 Å². The van der Waals surface area contributed by atoms with Gasteiger partial charge in [0.15, 0.2) is 0 Å². The molecule has 0 spiro atoms. The van der Waals surface area contributed by atoms with Crippen molar-refractivity contribution in [1.82, 2.24) is 14.8 Å². The van der Waals surface area contributed by atoms with E-state index in [1.165, 1.54) is 0 Å². The van der Waals surface area contributed by atoms with Gasteiger partial charge in [-0.15, -0.1) is 10.2 Å². The molecule has 3 aromatic rings. The zero-order chi connectivity index (χ0) is 15.8. The quantitative estimate of drug-likeness (QED) is 0.728. The van der Waals surface area contributed by atoms with Crippen molar-refractivity contribution >= 4 is 23.2 Å². The number of para-hydroxylation sites is 2. The highest BCUT2D eigenvalue weighted by atomic mass is 35.5. The van der Waals surface area contributed by atoms with E-state index in [-0.39, 0.29) is 17.6 Å². The summed E-state index contributed by atoms with van der Waals surface area (Å²) < 4.78 is 1.74. The Hall–Kier alpha value is -2.66. The molecule has 0 bridgehead atoms. The highest BCUT2D eigenvalue weighted by Gasteiger charge is 2.28. The third kappa shape index (κ3) is 2.39. The summed E-state index contributed by atoms with van der Waals surface area (Å²) in [6.45, 7) is 0.507. The molecule has 2 heterocycles. The van der Waals surface area contributed by atoms with E-state index in [1.54, 1.807) is 9.47 Å². The third-order valence-corrected chi connectivity index (χ3v) is 4.14. The second-order valence-electron chi connectivity index (χ2n) is 5.35. The van der Waals surface area contributed by atoms with Gasteiger partial charge in [0.25, 0.3) is 0 Å². The zero-order valence-corrected chi connectivity index (χ0v) is 12.9. The lowest BCUT2D eigenvalue weighted by molar-refractivity contribution is -0.118. The molecule has 2 aromatic carbocycles. The summed E-state index contributed by atoms with van der Waals surface area (Å²) >= 11 is 6.17. The first-order valence-corrected chi connectivity index (χ1v) is 7.65. The summed E-state index contributed by atoms with van der Waals surface area (Å²) in [4.78, 5) is 14.5. The number of fused-ring (bicyclic) bond motifs is 3. The zero-order valence-electron chi connectivity index (χ0n) is 12.2. The molecule has 0 atom stereocenters. The Morgan fingerprint density at radius 2 is 1.65 bits per heavy atom. The fourth-order valence-electron chi connectivity index (χ4n) is 2.83. The second-order valence-corrected chi connectivity index (χ2v) is 5.69. The maximum atomic E-state index is 12.8. The lowest BCUT2D eigenvalue weighted by Crippen LogP contribution is -2.31. The molecule has 0 radical (unpaired) electrons. The summed E-state index contributed by atoms with van der Waals surface area (Å²) in [7, 11) is 0. The molecule has 1 amide bonds. The average molecular weight is 325 g/mol. The number of aromatic nitrogens is 3. The predicted octanol–water partition coefficient (Wildman–Crippen LogP) is 3.01. The standard InChI is InChI=1S/C17H13ClN4O/c18-17-20-19-15-10-16(23)21(11-12-6-2-1-3-7-12)13-8-4-5-9-14(13)22(15)17/h1-9H,10-11H2. The summed E-state index contributed by atoms with van der Waals surface area (Å²) in [6, 6.07) is 17.6. The Bertz CT molecular complexity index is 875. The van der Waals surface area contributed by atoms with Crippen molar-refractivity contribution in [3.63, 3.8) is 0 Å². The molecular weight excluding hydrogens is 312 g/mol. The van der Waals surface area contributed by atoms with Crippen molar-refractivity contribution < 1.29 is 4.79 Å². The van der Waals surface area contributed by atoms with Gasteiger partial charge in [-0.3, -0.25) is 9.36 Å². The molecule has 0 saturated heterocycles. The van der Waals surface area contributed by atoms with Crippen molar-refractivity contribution in [2.24, 2.45) is 0 Å². The van der Waals surface area contributed by atoms with Crippen LogP contribution < -0.4 is 4.90 Å². The average Bonchev–Trinajstić information content (AvgIpc) is 2.88. The van der Waals surface area contributed by atoms with E-state index >= 15 is 0 Å². The number of halogens is 1. The summed E-state index contributed by atoms with van der Waals surface area (Å²) in [5, 5.41) is 8.20. The highest BCUT2D eigenvalue weighted by Crippen LogP contribution is 2.32. The van der Waals surface area contributed by atoms with E-state index in [9.17, 15) is 4.79 Å². The Morgan fingerprint density at radius 3 is 2.43 bits per heavy atom. The molecule has 114 valence electrons. The van der Waals surface area contributed by atoms with Crippen LogP contribution in [-0.4, -0.2) is 20.7 Å². The molecule has 0 saturated carbocycles. The Morgan fingerprint density at radius 1 is 0.957 bits per heavy atom. The van der Waals surface area contributed by atoms with Crippen LogP contribution in [0.5, 0.6) is 0 Å². The molecule has 6 heteroatoms. The van der Waals surface area contributed by atoms with Crippen molar-refractivity contribution in [1.29, 1.82) is 0 Å². The van der Waals surface area contributed by atoms with E-state index in [0.29, 0.717) is 12.4 Å². The van der Waals surface area contributed by atoms with Crippen molar-refractivity contribution in [2.75, 3.05) is 4.90 Å². The third-order valence-electron chi connectivity index (χ3n) is 3.90. The first kappa shape index (κ1) is 14.0. The first-order valence-electron chi connectivity index (χ1n) is 7.27. The van der Waals surface area contributed by atoms with Crippen molar-refractivity contribution in [3.05, 3.63) is 71.3 Å². The molecular formula is C17H13ClN4O. The molecule has 1 aliphatic rings. The number of carbonyl (C=O) groups excluding carboxylic acids is 1. The molecule has 5 nitrogen and oxygen atoms in total. The first-order chi connectivity index (χ1) is 11.2. The van der Waals surface area contributed by atoms with Crippen LogP contribution >= 0.6 is 11.6 Å². The fourth-order valence-corrected chi connectivity index (χ4v) is 3.06. The van der Waals surface area contributed by atoms with Crippen LogP contribution in [0.1, 0.15) is 11.4 Å². The van der Waals surface area contributed by atoms with Gasteiger partial charge < -0.3 is 4.90 Å². The Kier molecular flexibility index (Phi) is 3.35. The number of hydrogen-bond donors (Lipinski definition) is 0. The van der Waals surface area contributed by atoms with E-state index in [0.717, 1.165) is 16.9 Å². The normalized spacial score (nSPS) is 13.4. The van der Waals surface area contributed by atoms with Gasteiger partial charge in [0.1, 0.15) is 5.82 Å². The van der Waals surface area contributed by atoms with Crippen LogP contribution in [0.3, 0.4) is 0 Å². The van der Waals surface area contributed by atoms with Crippen LogP contribution in [0.4, 0.5) is 5.69 Å². The summed E-state index contributed by atoms with van der Waals surface area (Å²) in [5.74, 6) is 0.534. The fraction of sp³-hybridized carbons (Fsp3) is 0.118. The maximum Gasteiger partial charge on any atom is 0.235 e. The lowest BCUT2D eigenvalue weighted by Gasteiger charge is -2.23. The van der Waals surface area contributed by atoms with Gasteiger partial charge in [0.05, 0.1) is 24.3 Å².